The number of thiocyanates is 2. The summed E-state index contributed by atoms with van der Waals surface area (Å²) in [6.07, 6.45) is -9.13. The van der Waals surface area contributed by atoms with Crippen LogP contribution >= 0.6 is 23.5 Å². The van der Waals surface area contributed by atoms with Crippen molar-refractivity contribution in [2.45, 2.75) is 24.2 Å². The molecule has 0 heterocycles. The summed E-state index contributed by atoms with van der Waals surface area (Å²) in [6, 6.07) is 7.87. The number of benzene rings is 2. The van der Waals surface area contributed by atoms with E-state index < -0.39 is 41.1 Å². The quantitative estimate of drug-likeness (QED) is 0.310. The van der Waals surface area contributed by atoms with Crippen molar-refractivity contribution in [3.05, 3.63) is 70.8 Å². The van der Waals surface area contributed by atoms with Gasteiger partial charge in [0.2, 0.25) is 0 Å². The fourth-order valence-electron chi connectivity index (χ4n) is 2.98. The van der Waals surface area contributed by atoms with E-state index in [0.717, 1.165) is 72.1 Å². The first kappa shape index (κ1) is 25.6. The number of Topliss-reactive ketones (excluding diaryl/α,β-unsaturated/α-hetero) is 1. The van der Waals surface area contributed by atoms with Crippen molar-refractivity contribution in [1.29, 1.82) is 10.5 Å². The number of carbonyl (C=O) groups excluding carboxylic acids is 1. The van der Waals surface area contributed by atoms with Gasteiger partial charge in [0, 0.05) is 11.5 Å². The predicted molar refractivity (Wildman–Crippen MR) is 110 cm³/mol. The van der Waals surface area contributed by atoms with Crippen molar-refractivity contribution in [2.75, 3.05) is 11.5 Å². The Morgan fingerprint density at radius 3 is 1.28 bits per heavy atom. The molecule has 0 aliphatic heterocycles. The van der Waals surface area contributed by atoms with Crippen molar-refractivity contribution >= 4 is 29.3 Å². The summed E-state index contributed by atoms with van der Waals surface area (Å²) in [5.74, 6) is -2.61. The van der Waals surface area contributed by atoms with Crippen LogP contribution in [-0.2, 0) is 17.1 Å². The van der Waals surface area contributed by atoms with E-state index in [1.165, 1.54) is 0 Å². The van der Waals surface area contributed by atoms with Crippen molar-refractivity contribution in [3.63, 3.8) is 0 Å². The van der Waals surface area contributed by atoms with Crippen LogP contribution in [0.4, 0.5) is 26.3 Å². The molecule has 0 amide bonds. The number of rotatable bonds is 8. The molecule has 2 unspecified atom stereocenters. The highest BCUT2D eigenvalue weighted by atomic mass is 32.2. The van der Waals surface area contributed by atoms with Gasteiger partial charge < -0.3 is 0 Å². The summed E-state index contributed by atoms with van der Waals surface area (Å²) >= 11 is 1.47. The van der Waals surface area contributed by atoms with Crippen LogP contribution in [0.15, 0.2) is 48.5 Å². The molecule has 2 aromatic carbocycles. The Hall–Kier alpha value is -2.63. The molecule has 0 aromatic heterocycles. The zero-order valence-corrected chi connectivity index (χ0v) is 17.7. The Balaban J connectivity index is 2.42. The van der Waals surface area contributed by atoms with Crippen LogP contribution in [0.2, 0.25) is 0 Å². The predicted octanol–water partition coefficient (Wildman–Crippen LogP) is 6.59. The molecule has 2 atom stereocenters. The highest BCUT2D eigenvalue weighted by Gasteiger charge is 2.34. The molecule has 0 aliphatic carbocycles. The first-order valence-electron chi connectivity index (χ1n) is 8.88. The minimum absolute atomic E-state index is 0.0605. The third-order valence-corrected chi connectivity index (χ3v) is 5.85. The molecule has 0 spiro atoms. The van der Waals surface area contributed by atoms with Crippen molar-refractivity contribution in [3.8, 4) is 10.8 Å². The molecule has 2 rings (SSSR count). The summed E-state index contributed by atoms with van der Waals surface area (Å²) < 4.78 is 77.2. The molecule has 0 fully saturated rings. The maximum absolute atomic E-state index is 13.3. The largest absolute Gasteiger partial charge is 0.416 e. The Labute approximate surface area is 188 Å². The molecular formula is C21H14F6N2OS2. The Morgan fingerprint density at radius 1 is 0.719 bits per heavy atom. The second-order valence-corrected chi connectivity index (χ2v) is 8.16. The highest BCUT2D eigenvalue weighted by Crippen LogP contribution is 2.35. The molecule has 0 N–H and O–H groups in total. The van der Waals surface area contributed by atoms with Gasteiger partial charge in [-0.3, -0.25) is 4.79 Å². The van der Waals surface area contributed by atoms with Crippen LogP contribution in [0.5, 0.6) is 0 Å². The summed E-state index contributed by atoms with van der Waals surface area (Å²) in [7, 11) is 0. The third-order valence-electron chi connectivity index (χ3n) is 4.60. The normalized spacial score (nSPS) is 13.6. The van der Waals surface area contributed by atoms with Gasteiger partial charge in [-0.05, 0) is 58.9 Å². The molecule has 3 nitrogen and oxygen atoms in total. The molecule has 168 valence electrons. The van der Waals surface area contributed by atoms with Gasteiger partial charge >= 0.3 is 12.4 Å². The van der Waals surface area contributed by atoms with Crippen LogP contribution < -0.4 is 0 Å². The number of nitrogens with zero attached hydrogens (tertiary/aromatic N) is 2. The number of alkyl halides is 6. The van der Waals surface area contributed by atoms with Crippen molar-refractivity contribution < 1.29 is 31.1 Å². The average Bonchev–Trinajstić information content (AvgIpc) is 2.74. The lowest BCUT2D eigenvalue weighted by atomic mass is 9.85. The van der Waals surface area contributed by atoms with E-state index in [2.05, 4.69) is 0 Å². The van der Waals surface area contributed by atoms with E-state index in [1.54, 1.807) is 10.8 Å². The number of halogens is 6. The van der Waals surface area contributed by atoms with Gasteiger partial charge in [-0.2, -0.15) is 36.9 Å². The molecule has 0 saturated carbocycles. The van der Waals surface area contributed by atoms with E-state index in [-0.39, 0.29) is 22.6 Å². The van der Waals surface area contributed by atoms with Gasteiger partial charge in [0.15, 0.2) is 0 Å². The van der Waals surface area contributed by atoms with Gasteiger partial charge in [-0.25, -0.2) is 0 Å². The molecule has 0 bridgehead atoms. The molecule has 0 saturated heterocycles. The van der Waals surface area contributed by atoms with Crippen LogP contribution in [0.1, 0.15) is 34.1 Å². The van der Waals surface area contributed by atoms with Gasteiger partial charge in [0.25, 0.3) is 0 Å². The lowest BCUT2D eigenvalue weighted by molar-refractivity contribution is -0.138. The number of hydrogen-bond acceptors (Lipinski definition) is 5. The SMILES string of the molecule is N#CSCC(C(=O)C(CSC#N)c1ccc(C(F)(F)F)cc1)c1ccc(C(F)(F)F)cc1. The smallest absolute Gasteiger partial charge is 0.298 e. The fraction of sp³-hybridized carbons (Fsp3) is 0.286. The van der Waals surface area contributed by atoms with Crippen LogP contribution in [0, 0.1) is 21.3 Å². The van der Waals surface area contributed by atoms with Crippen LogP contribution in [0.25, 0.3) is 0 Å². The topological polar surface area (TPSA) is 64.7 Å². The molecule has 11 heteroatoms. The maximum Gasteiger partial charge on any atom is 0.416 e. The summed E-state index contributed by atoms with van der Waals surface area (Å²) in [4.78, 5) is 13.3. The Bertz CT molecular complexity index is 924. The number of ketones is 1. The number of carbonyl (C=O) groups is 1. The van der Waals surface area contributed by atoms with Gasteiger partial charge in [-0.1, -0.05) is 24.3 Å². The Kier molecular flexibility index (Phi) is 8.65. The minimum Gasteiger partial charge on any atom is -0.298 e. The fourth-order valence-corrected chi connectivity index (χ4v) is 4.17. The zero-order chi connectivity index (χ0) is 23.9. The molecular weight excluding hydrogens is 474 g/mol. The summed E-state index contributed by atoms with van der Waals surface area (Å²) in [5.41, 5.74) is -1.33. The van der Waals surface area contributed by atoms with E-state index in [0.29, 0.717) is 0 Å². The second-order valence-electron chi connectivity index (χ2n) is 6.55. The first-order valence-corrected chi connectivity index (χ1v) is 10.9. The van der Waals surface area contributed by atoms with Gasteiger partial charge in [0.05, 0.1) is 23.0 Å². The summed E-state index contributed by atoms with van der Waals surface area (Å²) in [6.45, 7) is 0. The van der Waals surface area contributed by atoms with E-state index in [1.807, 2.05) is 0 Å². The van der Waals surface area contributed by atoms with Crippen LogP contribution in [-0.4, -0.2) is 17.3 Å². The standard InChI is InChI=1S/C21H14F6N2OS2/c22-20(23,24)15-5-1-13(2-6-15)17(9-31-11-28)19(30)18(10-32-12-29)14-3-7-16(8-4-14)21(25,26)27/h1-8,17-18H,9-10H2. The zero-order valence-electron chi connectivity index (χ0n) is 16.1. The lowest BCUT2D eigenvalue weighted by Gasteiger charge is -2.22. The van der Waals surface area contributed by atoms with E-state index in [4.69, 9.17) is 10.5 Å². The highest BCUT2D eigenvalue weighted by molar-refractivity contribution is 8.04. The first-order chi connectivity index (χ1) is 15.0. The molecule has 2 aromatic rings. The number of thioether (sulfide) groups is 2. The van der Waals surface area contributed by atoms with E-state index in [9.17, 15) is 31.1 Å². The molecule has 0 radical (unpaired) electrons. The Morgan fingerprint density at radius 2 is 1.03 bits per heavy atom. The van der Waals surface area contributed by atoms with Crippen LogP contribution in [0.3, 0.4) is 0 Å². The summed E-state index contributed by atoms with van der Waals surface area (Å²) in [5, 5.41) is 21.4. The molecule has 0 aliphatic rings. The van der Waals surface area contributed by atoms with E-state index >= 15 is 0 Å². The van der Waals surface area contributed by atoms with Gasteiger partial charge in [0.1, 0.15) is 16.6 Å². The van der Waals surface area contributed by atoms with Gasteiger partial charge in [-0.15, -0.1) is 0 Å². The maximum atomic E-state index is 13.3. The van der Waals surface area contributed by atoms with Crippen molar-refractivity contribution in [2.24, 2.45) is 0 Å². The van der Waals surface area contributed by atoms with Crippen molar-refractivity contribution in [1.82, 2.24) is 0 Å². The monoisotopic (exact) mass is 488 g/mol. The third kappa shape index (κ3) is 6.68. The number of hydrogen-bond donors (Lipinski definition) is 0. The number of nitriles is 2. The lowest BCUT2D eigenvalue weighted by Crippen LogP contribution is -2.24. The average molecular weight is 488 g/mol. The molecule has 32 heavy (non-hydrogen) atoms. The second kappa shape index (κ2) is 10.8. The minimum atomic E-state index is -4.56.